The van der Waals surface area contributed by atoms with Crippen molar-refractivity contribution in [1.29, 1.82) is 0 Å². The summed E-state index contributed by atoms with van der Waals surface area (Å²) < 4.78 is 5.21. The van der Waals surface area contributed by atoms with Gasteiger partial charge in [0.25, 0.3) is 0 Å². The lowest BCUT2D eigenvalue weighted by molar-refractivity contribution is -0.136. The summed E-state index contributed by atoms with van der Waals surface area (Å²) in [6, 6.07) is 7.14. The molecule has 0 spiro atoms. The quantitative estimate of drug-likeness (QED) is 0.607. The number of ether oxygens (including phenoxy) is 1. The largest absolute Gasteiger partial charge is 0.496 e. The van der Waals surface area contributed by atoms with Crippen molar-refractivity contribution >= 4 is 5.97 Å². The number of methoxy groups -OCH3 is 1. The number of carbonyl (C=O) groups is 1. The van der Waals surface area contributed by atoms with E-state index in [0.29, 0.717) is 24.2 Å². The minimum atomic E-state index is -0.840. The Morgan fingerprint density at radius 3 is 2.67 bits per heavy atom. The maximum atomic E-state index is 10.4. The molecule has 0 fully saturated rings. The highest BCUT2D eigenvalue weighted by atomic mass is 16.5. The first kappa shape index (κ1) is 17.2. The molecule has 0 amide bonds. The Hall–Kier alpha value is -1.85. The Balaban J connectivity index is 2.64. The molecule has 2 unspecified atom stereocenters. The molecule has 0 aliphatic carbocycles. The minimum Gasteiger partial charge on any atom is -0.496 e. The molecule has 1 rings (SSSR count). The lowest BCUT2D eigenvalue weighted by Gasteiger charge is -2.21. The summed E-state index contributed by atoms with van der Waals surface area (Å²) in [5.74, 6) is -0.618. The molecule has 1 aromatic rings. The van der Waals surface area contributed by atoms with E-state index in [1.54, 1.807) is 30.4 Å². The number of hydrogen-bond acceptors (Lipinski definition) is 4. The highest BCUT2D eigenvalue weighted by Crippen LogP contribution is 2.31. The van der Waals surface area contributed by atoms with E-state index in [9.17, 15) is 15.0 Å². The number of para-hydroxylation sites is 1. The Morgan fingerprint density at radius 2 is 2.05 bits per heavy atom. The van der Waals surface area contributed by atoms with Crippen LogP contribution in [0, 0.1) is 5.92 Å². The standard InChI is InChI=1S/C16H22O5/c1-21-14-9-6-5-8-13(14)16(20)12(11-17)7-3-2-4-10-15(18)19/h2-3,5-6,8-9,12,16-17,20H,4,7,10-11H2,1H3,(H,18,19)/b3-2-. The van der Waals surface area contributed by atoms with Crippen molar-refractivity contribution in [1.82, 2.24) is 0 Å². The lowest BCUT2D eigenvalue weighted by atomic mass is 9.92. The van der Waals surface area contributed by atoms with E-state index in [4.69, 9.17) is 9.84 Å². The third kappa shape index (κ3) is 5.57. The SMILES string of the molecule is COc1ccccc1C(O)C(CO)C/C=C\CCC(=O)O. The first-order chi connectivity index (χ1) is 10.1. The predicted molar refractivity (Wildman–Crippen MR) is 79.2 cm³/mol. The van der Waals surface area contributed by atoms with Crippen LogP contribution in [0.25, 0.3) is 0 Å². The third-order valence-electron chi connectivity index (χ3n) is 3.27. The second-order valence-corrected chi connectivity index (χ2v) is 4.77. The van der Waals surface area contributed by atoms with Crippen LogP contribution >= 0.6 is 0 Å². The van der Waals surface area contributed by atoms with Crippen LogP contribution in [0.2, 0.25) is 0 Å². The lowest BCUT2D eigenvalue weighted by Crippen LogP contribution is -2.16. The summed E-state index contributed by atoms with van der Waals surface area (Å²) in [4.78, 5) is 10.4. The zero-order valence-corrected chi connectivity index (χ0v) is 12.1. The van der Waals surface area contributed by atoms with Gasteiger partial charge in [-0.2, -0.15) is 0 Å². The van der Waals surface area contributed by atoms with Crippen LogP contribution in [-0.2, 0) is 4.79 Å². The van der Waals surface area contributed by atoms with Gasteiger partial charge in [-0.1, -0.05) is 30.4 Å². The smallest absolute Gasteiger partial charge is 0.303 e. The van der Waals surface area contributed by atoms with E-state index in [2.05, 4.69) is 0 Å². The molecule has 5 nitrogen and oxygen atoms in total. The summed E-state index contributed by atoms with van der Waals surface area (Å²) in [5, 5.41) is 28.3. The summed E-state index contributed by atoms with van der Waals surface area (Å²) in [5.41, 5.74) is 0.637. The number of carboxylic acids is 1. The normalized spacial score (nSPS) is 14.0. The molecule has 1 aromatic carbocycles. The summed E-state index contributed by atoms with van der Waals surface area (Å²) >= 11 is 0. The summed E-state index contributed by atoms with van der Waals surface area (Å²) in [7, 11) is 1.53. The van der Waals surface area contributed by atoms with Crippen molar-refractivity contribution in [3.8, 4) is 5.75 Å². The molecule has 0 bridgehead atoms. The van der Waals surface area contributed by atoms with E-state index < -0.39 is 12.1 Å². The van der Waals surface area contributed by atoms with Crippen molar-refractivity contribution < 1.29 is 24.9 Å². The minimum absolute atomic E-state index is 0.0787. The van der Waals surface area contributed by atoms with E-state index in [-0.39, 0.29) is 18.9 Å². The molecule has 5 heteroatoms. The van der Waals surface area contributed by atoms with Crippen LogP contribution in [0.5, 0.6) is 5.75 Å². The summed E-state index contributed by atoms with van der Waals surface area (Å²) in [6.45, 7) is -0.164. The zero-order valence-electron chi connectivity index (χ0n) is 12.1. The van der Waals surface area contributed by atoms with Gasteiger partial charge in [-0.25, -0.2) is 0 Å². The van der Waals surface area contributed by atoms with E-state index >= 15 is 0 Å². The Bertz CT molecular complexity index is 469. The van der Waals surface area contributed by atoms with Crippen LogP contribution in [-0.4, -0.2) is 35.0 Å². The maximum absolute atomic E-state index is 10.4. The van der Waals surface area contributed by atoms with Crippen LogP contribution in [0.3, 0.4) is 0 Å². The number of carboxylic acid groups (broad SMARTS) is 1. The fourth-order valence-electron chi connectivity index (χ4n) is 2.06. The number of aliphatic hydroxyl groups is 2. The van der Waals surface area contributed by atoms with Crippen LogP contribution in [0.1, 0.15) is 30.9 Å². The van der Waals surface area contributed by atoms with Crippen molar-refractivity contribution in [2.24, 2.45) is 5.92 Å². The number of hydrogen-bond donors (Lipinski definition) is 3. The Labute approximate surface area is 124 Å². The van der Waals surface area contributed by atoms with Crippen LogP contribution < -0.4 is 4.74 Å². The molecule has 0 aliphatic rings. The van der Waals surface area contributed by atoms with Crippen LogP contribution in [0.15, 0.2) is 36.4 Å². The first-order valence-electron chi connectivity index (χ1n) is 6.88. The zero-order chi connectivity index (χ0) is 15.7. The van der Waals surface area contributed by atoms with Crippen molar-refractivity contribution in [2.75, 3.05) is 13.7 Å². The predicted octanol–water partition coefficient (Wildman–Crippen LogP) is 2.15. The molecular formula is C16H22O5. The molecule has 0 aliphatic heterocycles. The first-order valence-corrected chi connectivity index (χ1v) is 6.88. The summed E-state index contributed by atoms with van der Waals surface area (Å²) in [6.07, 6.45) is 3.70. The molecule has 0 heterocycles. The van der Waals surface area contributed by atoms with Gasteiger partial charge in [0.15, 0.2) is 0 Å². The third-order valence-corrected chi connectivity index (χ3v) is 3.27. The van der Waals surface area contributed by atoms with E-state index in [0.717, 1.165) is 0 Å². The molecular weight excluding hydrogens is 272 g/mol. The molecule has 21 heavy (non-hydrogen) atoms. The Morgan fingerprint density at radius 1 is 1.33 bits per heavy atom. The molecule has 116 valence electrons. The van der Waals surface area contributed by atoms with Gasteiger partial charge in [0, 0.05) is 24.5 Å². The molecule has 0 saturated heterocycles. The number of benzene rings is 1. The fraction of sp³-hybridized carbons (Fsp3) is 0.438. The van der Waals surface area contributed by atoms with E-state index in [1.807, 2.05) is 6.07 Å². The van der Waals surface area contributed by atoms with Gasteiger partial charge < -0.3 is 20.1 Å². The second-order valence-electron chi connectivity index (χ2n) is 4.77. The van der Waals surface area contributed by atoms with Gasteiger partial charge in [0.1, 0.15) is 5.75 Å². The monoisotopic (exact) mass is 294 g/mol. The fourth-order valence-corrected chi connectivity index (χ4v) is 2.06. The van der Waals surface area contributed by atoms with Crippen molar-refractivity contribution in [3.63, 3.8) is 0 Å². The highest BCUT2D eigenvalue weighted by Gasteiger charge is 2.21. The number of rotatable bonds is 9. The average Bonchev–Trinajstić information content (AvgIpc) is 2.50. The molecule has 0 radical (unpaired) electrons. The van der Waals surface area contributed by atoms with Gasteiger partial charge in [0.2, 0.25) is 0 Å². The number of aliphatic carboxylic acids is 1. The molecule has 3 N–H and O–H groups in total. The average molecular weight is 294 g/mol. The van der Waals surface area contributed by atoms with Gasteiger partial charge in [-0.05, 0) is 18.9 Å². The molecule has 2 atom stereocenters. The topological polar surface area (TPSA) is 87.0 Å². The van der Waals surface area contributed by atoms with Crippen molar-refractivity contribution in [2.45, 2.75) is 25.4 Å². The van der Waals surface area contributed by atoms with Gasteiger partial charge in [0.05, 0.1) is 13.2 Å². The van der Waals surface area contributed by atoms with Crippen LogP contribution in [0.4, 0.5) is 0 Å². The van der Waals surface area contributed by atoms with Crippen molar-refractivity contribution in [3.05, 3.63) is 42.0 Å². The second kappa shape index (κ2) is 9.15. The Kier molecular flexibility index (Phi) is 7.50. The maximum Gasteiger partial charge on any atom is 0.303 e. The number of aliphatic hydroxyl groups excluding tert-OH is 2. The molecule has 0 saturated carbocycles. The highest BCUT2D eigenvalue weighted by molar-refractivity contribution is 5.66. The van der Waals surface area contributed by atoms with Gasteiger partial charge in [-0.15, -0.1) is 0 Å². The van der Waals surface area contributed by atoms with Gasteiger partial charge >= 0.3 is 5.97 Å². The number of allylic oxidation sites excluding steroid dienone is 2. The van der Waals surface area contributed by atoms with Gasteiger partial charge in [-0.3, -0.25) is 4.79 Å². The van der Waals surface area contributed by atoms with E-state index in [1.165, 1.54) is 7.11 Å². The molecule has 0 aromatic heterocycles.